The van der Waals surface area contributed by atoms with Crippen LogP contribution in [-0.2, 0) is 16.6 Å². The normalized spacial score (nSPS) is 17.9. The van der Waals surface area contributed by atoms with Gasteiger partial charge in [-0.25, -0.2) is 14.4 Å². The third kappa shape index (κ3) is 4.50. The molecule has 0 radical (unpaired) electrons. The first-order valence-electron chi connectivity index (χ1n) is 12.6. The van der Waals surface area contributed by atoms with Gasteiger partial charge in [-0.15, -0.1) is 0 Å². The van der Waals surface area contributed by atoms with Gasteiger partial charge in [-0.1, -0.05) is 18.7 Å². The van der Waals surface area contributed by atoms with E-state index in [0.29, 0.717) is 46.3 Å². The molecule has 192 valence electrons. The molecule has 2 aliphatic rings. The zero-order valence-corrected chi connectivity index (χ0v) is 21.2. The van der Waals surface area contributed by atoms with Gasteiger partial charge in [0, 0.05) is 49.3 Å². The quantitative estimate of drug-likeness (QED) is 0.486. The lowest BCUT2D eigenvalue weighted by molar-refractivity contribution is -0.134. The maximum absolute atomic E-state index is 15.8. The summed E-state index contributed by atoms with van der Waals surface area (Å²) in [6.45, 7) is 6.83. The van der Waals surface area contributed by atoms with Crippen LogP contribution < -0.4 is 11.1 Å². The Morgan fingerprint density at radius 3 is 2.51 bits per heavy atom. The number of aryl methyl sites for hydroxylation is 1. The van der Waals surface area contributed by atoms with E-state index in [2.05, 4.69) is 21.9 Å². The lowest BCUT2D eigenvalue weighted by atomic mass is 9.83. The van der Waals surface area contributed by atoms with Crippen molar-refractivity contribution in [2.75, 3.05) is 24.1 Å². The van der Waals surface area contributed by atoms with Gasteiger partial charge in [0.15, 0.2) is 0 Å². The number of hydrogen-bond donors (Lipinski definition) is 2. The van der Waals surface area contributed by atoms with Gasteiger partial charge in [-0.2, -0.15) is 0 Å². The van der Waals surface area contributed by atoms with Crippen LogP contribution in [0.2, 0.25) is 0 Å². The monoisotopic (exact) mass is 502 g/mol. The van der Waals surface area contributed by atoms with Crippen LogP contribution in [0, 0.1) is 5.92 Å². The van der Waals surface area contributed by atoms with E-state index in [-0.39, 0.29) is 35.8 Å². The van der Waals surface area contributed by atoms with Gasteiger partial charge in [0.2, 0.25) is 5.91 Å². The molecule has 0 spiro atoms. The molecule has 3 N–H and O–H groups in total. The first-order chi connectivity index (χ1) is 17.8. The van der Waals surface area contributed by atoms with Gasteiger partial charge in [0.25, 0.3) is 5.91 Å². The molecule has 37 heavy (non-hydrogen) atoms. The molecule has 1 aliphatic heterocycles. The molecule has 0 unspecified atom stereocenters. The highest BCUT2D eigenvalue weighted by Gasteiger charge is 2.34. The van der Waals surface area contributed by atoms with E-state index in [4.69, 9.17) is 5.73 Å². The van der Waals surface area contributed by atoms with Crippen LogP contribution in [0.25, 0.3) is 27.9 Å². The first-order valence-corrected chi connectivity index (χ1v) is 12.6. The molecule has 1 fully saturated rings. The summed E-state index contributed by atoms with van der Waals surface area (Å²) in [7, 11) is 1.87. The number of nitrogen functional groups attached to an aromatic ring is 1. The van der Waals surface area contributed by atoms with Crippen LogP contribution in [0.5, 0.6) is 0 Å². The summed E-state index contributed by atoms with van der Waals surface area (Å²) in [6.07, 6.45) is 4.50. The largest absolute Gasteiger partial charge is 0.383 e. The Balaban J connectivity index is 1.57. The lowest BCUT2D eigenvalue weighted by Crippen LogP contribution is -2.34. The fourth-order valence-corrected chi connectivity index (χ4v) is 5.42. The molecule has 0 bridgehead atoms. The maximum atomic E-state index is 15.8. The van der Waals surface area contributed by atoms with Crippen LogP contribution in [0.4, 0.5) is 15.9 Å². The molecule has 1 saturated heterocycles. The van der Waals surface area contributed by atoms with Crippen molar-refractivity contribution in [3.8, 4) is 11.3 Å². The van der Waals surface area contributed by atoms with Gasteiger partial charge in [-0.3, -0.25) is 9.59 Å². The highest BCUT2D eigenvalue weighted by molar-refractivity contribution is 6.05. The third-order valence-electron chi connectivity index (χ3n) is 7.36. The molecule has 5 rings (SSSR count). The molecule has 2 amide bonds. The number of allylic oxidation sites excluding steroid dienone is 2. The summed E-state index contributed by atoms with van der Waals surface area (Å²) in [4.78, 5) is 35.5. The van der Waals surface area contributed by atoms with Crippen molar-refractivity contribution in [1.29, 1.82) is 0 Å². The SMILES string of the molecule is C=C(C)C(=O)Nc1ccc(-c2c(C3=C(F)C[C@@H](C(=O)N4CCCC4)CC3)c3c(N)ncnc3n2C)cc1. The predicted molar refractivity (Wildman–Crippen MR) is 143 cm³/mol. The number of aromatic nitrogens is 3. The number of nitrogens with one attached hydrogen (secondary N) is 1. The second-order valence-corrected chi connectivity index (χ2v) is 9.91. The zero-order valence-electron chi connectivity index (χ0n) is 21.2. The first kappa shape index (κ1) is 24.7. The van der Waals surface area contributed by atoms with E-state index in [1.165, 1.54) is 6.33 Å². The van der Waals surface area contributed by atoms with E-state index < -0.39 is 0 Å². The molecule has 3 aromatic rings. The predicted octanol–water partition coefficient (Wildman–Crippen LogP) is 4.84. The fourth-order valence-electron chi connectivity index (χ4n) is 5.42. The summed E-state index contributed by atoms with van der Waals surface area (Å²) < 4.78 is 17.7. The number of carbonyl (C=O) groups excluding carboxylic acids is 2. The van der Waals surface area contributed by atoms with Crippen LogP contribution in [0.3, 0.4) is 0 Å². The van der Waals surface area contributed by atoms with Crippen LogP contribution in [0.1, 0.15) is 44.6 Å². The Kier molecular flexibility index (Phi) is 6.54. The zero-order chi connectivity index (χ0) is 26.3. The Hall–Kier alpha value is -4.01. The van der Waals surface area contributed by atoms with Crippen molar-refractivity contribution in [2.24, 2.45) is 13.0 Å². The number of hydrogen-bond acceptors (Lipinski definition) is 5. The fraction of sp³-hybridized carbons (Fsp3) is 0.357. The van der Waals surface area contributed by atoms with E-state index in [9.17, 15) is 9.59 Å². The average Bonchev–Trinajstić information content (AvgIpc) is 3.52. The number of likely N-dealkylation sites (tertiary alicyclic amines) is 1. The number of carbonyl (C=O) groups is 2. The third-order valence-corrected chi connectivity index (χ3v) is 7.36. The van der Waals surface area contributed by atoms with E-state index in [1.807, 2.05) is 28.6 Å². The molecular weight excluding hydrogens is 471 g/mol. The second kappa shape index (κ2) is 9.80. The highest BCUT2D eigenvalue weighted by Crippen LogP contribution is 2.45. The van der Waals surface area contributed by atoms with Crippen molar-refractivity contribution in [2.45, 2.75) is 39.0 Å². The lowest BCUT2D eigenvalue weighted by Gasteiger charge is -2.27. The average molecular weight is 503 g/mol. The van der Waals surface area contributed by atoms with Crippen molar-refractivity contribution in [3.05, 3.63) is 54.1 Å². The Morgan fingerprint density at radius 2 is 1.86 bits per heavy atom. The van der Waals surface area contributed by atoms with Gasteiger partial charge in [0.05, 0.1) is 11.1 Å². The van der Waals surface area contributed by atoms with E-state index >= 15 is 4.39 Å². The number of anilines is 2. The van der Waals surface area contributed by atoms with Gasteiger partial charge in [-0.05, 0) is 55.9 Å². The van der Waals surface area contributed by atoms with Crippen molar-refractivity contribution >= 4 is 39.9 Å². The molecule has 1 aliphatic carbocycles. The minimum atomic E-state index is -0.343. The molecule has 1 atom stereocenters. The van der Waals surface area contributed by atoms with Crippen molar-refractivity contribution in [3.63, 3.8) is 0 Å². The smallest absolute Gasteiger partial charge is 0.250 e. The van der Waals surface area contributed by atoms with Crippen LogP contribution in [0.15, 0.2) is 48.6 Å². The highest BCUT2D eigenvalue weighted by atomic mass is 19.1. The van der Waals surface area contributed by atoms with E-state index in [1.54, 1.807) is 19.1 Å². The molecule has 9 heteroatoms. The molecule has 2 aromatic heterocycles. The molecular formula is C28H31FN6O2. The minimum Gasteiger partial charge on any atom is -0.383 e. The summed E-state index contributed by atoms with van der Waals surface area (Å²) in [5.41, 5.74) is 10.7. The number of rotatable bonds is 5. The minimum absolute atomic E-state index is 0.0556. The van der Waals surface area contributed by atoms with Crippen molar-refractivity contribution in [1.82, 2.24) is 19.4 Å². The topological polar surface area (TPSA) is 106 Å². The summed E-state index contributed by atoms with van der Waals surface area (Å²) in [5, 5.41) is 3.41. The molecule has 3 heterocycles. The van der Waals surface area contributed by atoms with Gasteiger partial charge >= 0.3 is 0 Å². The molecule has 1 aromatic carbocycles. The Morgan fingerprint density at radius 1 is 1.16 bits per heavy atom. The number of amides is 2. The summed E-state index contributed by atoms with van der Waals surface area (Å²) in [6, 6.07) is 7.33. The summed E-state index contributed by atoms with van der Waals surface area (Å²) >= 11 is 0. The van der Waals surface area contributed by atoms with Gasteiger partial charge < -0.3 is 20.5 Å². The number of nitrogens with two attached hydrogens (primary N) is 1. The maximum Gasteiger partial charge on any atom is 0.250 e. The van der Waals surface area contributed by atoms with Crippen LogP contribution in [-0.4, -0.2) is 44.3 Å². The van der Waals surface area contributed by atoms with Gasteiger partial charge in [0.1, 0.15) is 23.6 Å². The van der Waals surface area contributed by atoms with Crippen LogP contribution >= 0.6 is 0 Å². The number of fused-ring (bicyclic) bond motifs is 1. The Labute approximate surface area is 215 Å². The Bertz CT molecular complexity index is 1430. The molecule has 8 nitrogen and oxygen atoms in total. The van der Waals surface area contributed by atoms with E-state index in [0.717, 1.165) is 37.2 Å². The number of benzene rings is 1. The summed E-state index contributed by atoms with van der Waals surface area (Å²) in [5.74, 6) is -0.548. The standard InChI is InChI=1S/C28H31FN6O2/c1-16(2)27(36)33-19-9-6-17(7-10-19)24-22(23-25(30)31-15-32-26(23)34(24)3)20-11-8-18(14-21(20)29)28(37)35-12-4-5-13-35/h6-7,9-10,15,18H,1,4-5,8,11-14H2,2-3H3,(H,33,36)(H2,30,31,32)/t18-/m0/s1. The second-order valence-electron chi connectivity index (χ2n) is 9.91. The van der Waals surface area contributed by atoms with Crippen molar-refractivity contribution < 1.29 is 14.0 Å². The number of halogens is 1. The number of nitrogens with zero attached hydrogens (tertiary/aromatic N) is 4. The molecule has 0 saturated carbocycles.